The van der Waals surface area contributed by atoms with E-state index in [1.54, 1.807) is 10.6 Å². The van der Waals surface area contributed by atoms with Crippen molar-refractivity contribution in [3.8, 4) is 0 Å². The molecule has 1 aromatic carbocycles. The summed E-state index contributed by atoms with van der Waals surface area (Å²) in [5.74, 6) is -0.199. The van der Waals surface area contributed by atoms with E-state index in [1.807, 2.05) is 61.3 Å². The van der Waals surface area contributed by atoms with Crippen molar-refractivity contribution in [3.05, 3.63) is 71.3 Å². The van der Waals surface area contributed by atoms with Crippen LogP contribution in [-0.4, -0.2) is 64.2 Å². The SMILES string of the molecule is Cc1cccc(CNC(=O)c2nc(C(=O)N3CCN(C)CC3)c3ccccn23)c1. The number of hydrogen-bond donors (Lipinski definition) is 1. The summed E-state index contributed by atoms with van der Waals surface area (Å²) in [7, 11) is 2.05. The van der Waals surface area contributed by atoms with Crippen molar-refractivity contribution in [3.63, 3.8) is 0 Å². The second kappa shape index (κ2) is 8.05. The van der Waals surface area contributed by atoms with Crippen LogP contribution in [0.5, 0.6) is 0 Å². The Morgan fingerprint density at radius 1 is 1.07 bits per heavy atom. The van der Waals surface area contributed by atoms with E-state index in [1.165, 1.54) is 0 Å². The number of aryl methyl sites for hydroxylation is 1. The van der Waals surface area contributed by atoms with Crippen molar-refractivity contribution < 1.29 is 9.59 Å². The van der Waals surface area contributed by atoms with E-state index < -0.39 is 0 Å². The van der Waals surface area contributed by atoms with Gasteiger partial charge in [-0.2, -0.15) is 0 Å². The van der Waals surface area contributed by atoms with Crippen LogP contribution in [0.15, 0.2) is 48.7 Å². The van der Waals surface area contributed by atoms with Crippen molar-refractivity contribution in [2.45, 2.75) is 13.5 Å². The first-order valence-electron chi connectivity index (χ1n) is 9.81. The van der Waals surface area contributed by atoms with Gasteiger partial charge in [0.15, 0.2) is 5.69 Å². The highest BCUT2D eigenvalue weighted by Gasteiger charge is 2.26. The minimum absolute atomic E-state index is 0.125. The third kappa shape index (κ3) is 4.00. The molecule has 1 fully saturated rings. The number of likely N-dealkylation sites (N-methyl/N-ethyl adjacent to an activating group) is 1. The zero-order chi connectivity index (χ0) is 20.4. The highest BCUT2D eigenvalue weighted by atomic mass is 16.2. The Labute approximate surface area is 169 Å². The molecule has 1 N–H and O–H groups in total. The molecule has 0 atom stereocenters. The first kappa shape index (κ1) is 19.1. The van der Waals surface area contributed by atoms with E-state index in [0.717, 1.165) is 24.2 Å². The molecule has 2 aromatic heterocycles. The van der Waals surface area contributed by atoms with Crippen LogP contribution in [0, 0.1) is 6.92 Å². The second-order valence-corrected chi connectivity index (χ2v) is 7.51. The summed E-state index contributed by atoms with van der Waals surface area (Å²) < 4.78 is 1.69. The molecule has 0 unspecified atom stereocenters. The maximum atomic E-state index is 13.1. The average Bonchev–Trinajstić information content (AvgIpc) is 3.12. The molecule has 3 heterocycles. The van der Waals surface area contributed by atoms with Gasteiger partial charge in [-0.05, 0) is 31.7 Å². The number of carbonyl (C=O) groups excluding carboxylic acids is 2. The molecule has 0 spiro atoms. The van der Waals surface area contributed by atoms with Gasteiger partial charge < -0.3 is 15.1 Å². The fraction of sp³-hybridized carbons (Fsp3) is 0.318. The van der Waals surface area contributed by atoms with Gasteiger partial charge in [0.2, 0.25) is 5.82 Å². The minimum atomic E-state index is -0.301. The predicted octanol–water partition coefficient (Wildman–Crippen LogP) is 1.96. The normalized spacial score (nSPS) is 14.9. The van der Waals surface area contributed by atoms with Crippen LogP contribution in [-0.2, 0) is 6.54 Å². The monoisotopic (exact) mass is 391 g/mol. The molecule has 29 heavy (non-hydrogen) atoms. The maximum absolute atomic E-state index is 13.1. The number of benzene rings is 1. The lowest BCUT2D eigenvalue weighted by Crippen LogP contribution is -2.47. The van der Waals surface area contributed by atoms with E-state index in [4.69, 9.17) is 0 Å². The highest BCUT2D eigenvalue weighted by Crippen LogP contribution is 2.17. The number of aromatic nitrogens is 2. The molecule has 0 aliphatic carbocycles. The van der Waals surface area contributed by atoms with Gasteiger partial charge in [-0.25, -0.2) is 4.98 Å². The molecule has 4 rings (SSSR count). The number of nitrogens with one attached hydrogen (secondary N) is 1. The van der Waals surface area contributed by atoms with Crippen LogP contribution >= 0.6 is 0 Å². The quantitative estimate of drug-likeness (QED) is 0.738. The summed E-state index contributed by atoms with van der Waals surface area (Å²) in [5.41, 5.74) is 3.14. The zero-order valence-electron chi connectivity index (χ0n) is 16.8. The molecule has 7 heteroatoms. The standard InChI is InChI=1S/C22H25N5O2/c1-16-6-5-7-17(14-16)15-23-21(28)20-24-19(18-8-3-4-9-27(18)20)22(29)26-12-10-25(2)11-13-26/h3-9,14H,10-13,15H2,1-2H3,(H,23,28). The summed E-state index contributed by atoms with van der Waals surface area (Å²) in [4.78, 5) is 34.4. The number of piperazine rings is 1. The molecule has 1 saturated heterocycles. The number of imidazole rings is 1. The Morgan fingerprint density at radius 2 is 1.86 bits per heavy atom. The van der Waals surface area contributed by atoms with E-state index in [-0.39, 0.29) is 17.6 Å². The van der Waals surface area contributed by atoms with Crippen LogP contribution in [0.3, 0.4) is 0 Å². The van der Waals surface area contributed by atoms with Crippen molar-refractivity contribution in [1.29, 1.82) is 0 Å². The fourth-order valence-corrected chi connectivity index (χ4v) is 3.60. The third-order valence-corrected chi connectivity index (χ3v) is 5.28. The molecule has 1 aliphatic rings. The molecule has 0 saturated carbocycles. The molecular weight excluding hydrogens is 366 g/mol. The second-order valence-electron chi connectivity index (χ2n) is 7.51. The first-order chi connectivity index (χ1) is 14.0. The Kier molecular flexibility index (Phi) is 5.31. The van der Waals surface area contributed by atoms with Gasteiger partial charge in [-0.15, -0.1) is 0 Å². The van der Waals surface area contributed by atoms with E-state index in [0.29, 0.717) is 30.8 Å². The van der Waals surface area contributed by atoms with Gasteiger partial charge in [0.25, 0.3) is 11.8 Å². The van der Waals surface area contributed by atoms with Crippen LogP contribution in [0.1, 0.15) is 32.2 Å². The number of fused-ring (bicyclic) bond motifs is 1. The van der Waals surface area contributed by atoms with Gasteiger partial charge >= 0.3 is 0 Å². The van der Waals surface area contributed by atoms with E-state index in [9.17, 15) is 9.59 Å². The molecule has 0 bridgehead atoms. The molecule has 7 nitrogen and oxygen atoms in total. The molecule has 0 radical (unpaired) electrons. The van der Waals surface area contributed by atoms with Gasteiger partial charge in [-0.1, -0.05) is 35.9 Å². The Bertz CT molecular complexity index is 1050. The third-order valence-electron chi connectivity index (χ3n) is 5.28. The van der Waals surface area contributed by atoms with Crippen molar-refractivity contribution in [1.82, 2.24) is 24.5 Å². The summed E-state index contributed by atoms with van der Waals surface area (Å²) in [6.45, 7) is 5.42. The van der Waals surface area contributed by atoms with Gasteiger partial charge in [0.1, 0.15) is 0 Å². The zero-order valence-corrected chi connectivity index (χ0v) is 16.8. The lowest BCUT2D eigenvalue weighted by atomic mass is 10.1. The first-order valence-corrected chi connectivity index (χ1v) is 9.81. The van der Waals surface area contributed by atoms with E-state index in [2.05, 4.69) is 15.2 Å². The number of hydrogen-bond acceptors (Lipinski definition) is 4. The molecular formula is C22H25N5O2. The molecule has 2 amide bonds. The average molecular weight is 391 g/mol. The number of carbonyl (C=O) groups is 2. The number of rotatable bonds is 4. The fourth-order valence-electron chi connectivity index (χ4n) is 3.60. The lowest BCUT2D eigenvalue weighted by Gasteiger charge is -2.32. The van der Waals surface area contributed by atoms with Gasteiger partial charge in [0, 0.05) is 38.9 Å². The number of pyridine rings is 1. The Morgan fingerprint density at radius 3 is 2.62 bits per heavy atom. The molecule has 3 aromatic rings. The summed E-state index contributed by atoms with van der Waals surface area (Å²) in [5, 5.41) is 2.92. The Hall–Kier alpha value is -3.19. The topological polar surface area (TPSA) is 70.0 Å². The minimum Gasteiger partial charge on any atom is -0.345 e. The van der Waals surface area contributed by atoms with Crippen LogP contribution in [0.4, 0.5) is 0 Å². The molecule has 150 valence electrons. The summed E-state index contributed by atoms with van der Waals surface area (Å²) >= 11 is 0. The highest BCUT2D eigenvalue weighted by molar-refractivity contribution is 6.02. The van der Waals surface area contributed by atoms with Crippen molar-refractivity contribution in [2.24, 2.45) is 0 Å². The lowest BCUT2D eigenvalue weighted by molar-refractivity contribution is 0.0661. The van der Waals surface area contributed by atoms with E-state index >= 15 is 0 Å². The predicted molar refractivity (Wildman–Crippen MR) is 111 cm³/mol. The molecule has 1 aliphatic heterocycles. The summed E-state index contributed by atoms with van der Waals surface area (Å²) in [6, 6.07) is 13.5. The van der Waals surface area contributed by atoms with Crippen molar-refractivity contribution in [2.75, 3.05) is 33.2 Å². The van der Waals surface area contributed by atoms with Gasteiger partial charge in [-0.3, -0.25) is 14.0 Å². The van der Waals surface area contributed by atoms with Crippen LogP contribution in [0.2, 0.25) is 0 Å². The largest absolute Gasteiger partial charge is 0.345 e. The van der Waals surface area contributed by atoms with Crippen LogP contribution in [0.25, 0.3) is 5.52 Å². The number of nitrogens with zero attached hydrogens (tertiary/aromatic N) is 4. The number of amides is 2. The van der Waals surface area contributed by atoms with Crippen LogP contribution < -0.4 is 5.32 Å². The summed E-state index contributed by atoms with van der Waals surface area (Å²) in [6.07, 6.45) is 1.77. The maximum Gasteiger partial charge on any atom is 0.287 e. The van der Waals surface area contributed by atoms with Crippen molar-refractivity contribution >= 4 is 17.3 Å². The van der Waals surface area contributed by atoms with Gasteiger partial charge in [0.05, 0.1) is 5.52 Å². The smallest absolute Gasteiger partial charge is 0.287 e. The Balaban J connectivity index is 1.58.